The number of hydrogen-bond donors (Lipinski definition) is 3. The number of ether oxygens (including phenoxy) is 2. The third-order valence-electron chi connectivity index (χ3n) is 7.59. The third kappa shape index (κ3) is 7.51. The van der Waals surface area contributed by atoms with Gasteiger partial charge in [0.2, 0.25) is 0 Å². The number of nitrogens with one attached hydrogen (secondary N) is 2. The lowest BCUT2D eigenvalue weighted by atomic mass is 9.65. The molecule has 2 aromatic rings. The van der Waals surface area contributed by atoms with Crippen LogP contribution < -0.4 is 20.1 Å². The Labute approximate surface area is 242 Å². The maximum Gasteiger partial charge on any atom is 0.490 e. The number of carbonyl (C=O) groups is 2. The van der Waals surface area contributed by atoms with Gasteiger partial charge in [-0.05, 0) is 75.2 Å². The number of carboxylic acid groups (broad SMARTS) is 1. The lowest BCUT2D eigenvalue weighted by Gasteiger charge is -2.45. The van der Waals surface area contributed by atoms with Gasteiger partial charge in [-0.15, -0.1) is 0 Å². The third-order valence-corrected chi connectivity index (χ3v) is 7.92. The zero-order valence-corrected chi connectivity index (χ0v) is 23.6. The molecule has 232 valence electrons. The summed E-state index contributed by atoms with van der Waals surface area (Å²) in [4.78, 5) is 23.8. The molecule has 2 fully saturated rings. The number of likely N-dealkylation sites (tertiary alicyclic amines) is 1. The Kier molecular flexibility index (Phi) is 10.1. The fourth-order valence-corrected chi connectivity index (χ4v) is 5.79. The van der Waals surface area contributed by atoms with E-state index in [2.05, 4.69) is 28.6 Å². The van der Waals surface area contributed by atoms with Crippen molar-refractivity contribution in [2.24, 2.45) is 0 Å². The van der Waals surface area contributed by atoms with Crippen molar-refractivity contribution in [3.8, 4) is 11.5 Å². The van der Waals surface area contributed by atoms with E-state index < -0.39 is 34.9 Å². The molecule has 3 unspecified atom stereocenters. The number of methoxy groups -OCH3 is 2. The molecular weight excluding hydrogens is 596 g/mol. The minimum Gasteiger partial charge on any atom is -0.493 e. The number of hydrogen-bond acceptors (Lipinski definition) is 5. The first-order chi connectivity index (χ1) is 19.5. The van der Waals surface area contributed by atoms with E-state index in [0.29, 0.717) is 11.5 Å². The minimum absolute atomic E-state index is 0.0349. The zero-order valence-electron chi connectivity index (χ0n) is 22.8. The second kappa shape index (κ2) is 12.9. The number of urea groups is 1. The first kappa shape index (κ1) is 33.1. The number of alkyl halides is 6. The Morgan fingerprint density at radius 3 is 2.24 bits per heavy atom. The highest BCUT2D eigenvalue weighted by Crippen LogP contribution is 2.50. The number of aliphatic carboxylic acids is 1. The summed E-state index contributed by atoms with van der Waals surface area (Å²) in [6, 6.07) is 8.94. The van der Waals surface area contributed by atoms with Crippen molar-refractivity contribution in [1.29, 1.82) is 0 Å². The van der Waals surface area contributed by atoms with E-state index in [1.165, 1.54) is 11.6 Å². The summed E-state index contributed by atoms with van der Waals surface area (Å²) in [5.41, 5.74) is 0.170. The Morgan fingerprint density at radius 2 is 1.67 bits per heavy atom. The van der Waals surface area contributed by atoms with E-state index in [-0.39, 0.29) is 23.2 Å². The molecule has 42 heavy (non-hydrogen) atoms. The van der Waals surface area contributed by atoms with Crippen molar-refractivity contribution < 1.29 is 50.5 Å². The highest BCUT2D eigenvalue weighted by Gasteiger charge is 2.50. The highest BCUT2D eigenvalue weighted by atomic mass is 35.5. The number of anilines is 1. The first-order valence-electron chi connectivity index (χ1n) is 12.7. The minimum atomic E-state index is -5.08. The number of nitrogens with zero attached hydrogens (tertiary/aromatic N) is 1. The standard InChI is InChI=1S/C25H29ClF3N3O3.C2HF3O2/c1-32-11-10-24(15-4-7-20(34-2)21(12-15)35-3)9-8-17(14-22(24)32)31-23(33)30-16-5-6-19(26)18(13-16)25(27,28)29;3-2(4,5)1(6)7/h4-7,12-13,17,22H,8-11,14H2,1-3H3,(H2,30,31,33);(H,6,7). The number of benzene rings is 2. The average Bonchev–Trinajstić information content (AvgIpc) is 3.25. The monoisotopic (exact) mass is 625 g/mol. The van der Waals surface area contributed by atoms with E-state index >= 15 is 0 Å². The molecule has 2 aliphatic rings. The van der Waals surface area contributed by atoms with Crippen LogP contribution in [0.3, 0.4) is 0 Å². The molecule has 1 aliphatic carbocycles. The van der Waals surface area contributed by atoms with Crippen LogP contribution in [0.25, 0.3) is 0 Å². The van der Waals surface area contributed by atoms with Crippen LogP contribution in [0.5, 0.6) is 11.5 Å². The smallest absolute Gasteiger partial charge is 0.490 e. The summed E-state index contributed by atoms with van der Waals surface area (Å²) in [6.45, 7) is 0.933. The van der Waals surface area contributed by atoms with Gasteiger partial charge in [-0.2, -0.15) is 26.3 Å². The van der Waals surface area contributed by atoms with Crippen molar-refractivity contribution in [2.45, 2.75) is 55.5 Å². The van der Waals surface area contributed by atoms with Crippen molar-refractivity contribution in [3.05, 3.63) is 52.5 Å². The molecule has 0 spiro atoms. The number of carbonyl (C=O) groups excluding carboxylic acids is 1. The number of fused-ring (bicyclic) bond motifs is 1. The zero-order chi connectivity index (χ0) is 31.5. The second-order valence-electron chi connectivity index (χ2n) is 10.0. The van der Waals surface area contributed by atoms with E-state index in [1.807, 2.05) is 12.1 Å². The Morgan fingerprint density at radius 1 is 1.02 bits per heavy atom. The molecule has 2 amide bonds. The Hall–Kier alpha value is -3.39. The van der Waals surface area contributed by atoms with Gasteiger partial charge in [-0.1, -0.05) is 17.7 Å². The molecule has 0 bridgehead atoms. The SMILES string of the molecule is COc1ccc(C23CCC(NC(=O)Nc4ccc(Cl)c(C(F)(F)F)c4)CC2N(C)CC3)cc1OC.O=C(O)C(F)(F)F. The number of likely N-dealkylation sites (N-methyl/N-ethyl adjacent to an activating group) is 1. The Bertz CT molecular complexity index is 1290. The van der Waals surface area contributed by atoms with Crippen LogP contribution in [-0.4, -0.2) is 68.1 Å². The lowest BCUT2D eigenvalue weighted by Crippen LogP contribution is -2.52. The predicted octanol–water partition coefficient (Wildman–Crippen LogP) is 6.33. The molecule has 4 rings (SSSR count). The van der Waals surface area contributed by atoms with E-state index in [4.69, 9.17) is 31.0 Å². The quantitative estimate of drug-likeness (QED) is 0.336. The lowest BCUT2D eigenvalue weighted by molar-refractivity contribution is -0.192. The predicted molar refractivity (Wildman–Crippen MR) is 142 cm³/mol. The highest BCUT2D eigenvalue weighted by molar-refractivity contribution is 6.31. The molecule has 1 saturated carbocycles. The molecule has 3 atom stereocenters. The first-order valence-corrected chi connectivity index (χ1v) is 13.1. The fourth-order valence-electron chi connectivity index (χ4n) is 5.57. The van der Waals surface area contributed by atoms with Crippen LogP contribution in [0.2, 0.25) is 5.02 Å². The van der Waals surface area contributed by atoms with Gasteiger partial charge in [0.05, 0.1) is 24.8 Å². The van der Waals surface area contributed by atoms with Crippen molar-refractivity contribution >= 4 is 29.3 Å². The number of rotatable bonds is 5. The second-order valence-corrected chi connectivity index (χ2v) is 10.4. The maximum atomic E-state index is 13.1. The molecule has 3 N–H and O–H groups in total. The van der Waals surface area contributed by atoms with E-state index in [0.717, 1.165) is 44.4 Å². The van der Waals surface area contributed by atoms with Gasteiger partial charge in [0, 0.05) is 23.2 Å². The van der Waals surface area contributed by atoms with E-state index in [9.17, 15) is 31.1 Å². The van der Waals surface area contributed by atoms with Gasteiger partial charge in [0.25, 0.3) is 0 Å². The van der Waals surface area contributed by atoms with Crippen molar-refractivity contribution in [1.82, 2.24) is 10.2 Å². The number of carboxylic acids is 1. The Balaban J connectivity index is 0.000000616. The molecule has 1 heterocycles. The summed E-state index contributed by atoms with van der Waals surface area (Å²) in [5, 5.41) is 12.2. The van der Waals surface area contributed by atoms with Crippen LogP contribution in [0.4, 0.5) is 36.8 Å². The van der Waals surface area contributed by atoms with Gasteiger partial charge in [0.1, 0.15) is 0 Å². The van der Waals surface area contributed by atoms with Gasteiger partial charge in [0.15, 0.2) is 11.5 Å². The molecule has 8 nitrogen and oxygen atoms in total. The van der Waals surface area contributed by atoms with Crippen LogP contribution in [0.15, 0.2) is 36.4 Å². The van der Waals surface area contributed by atoms with Crippen LogP contribution in [0.1, 0.15) is 36.8 Å². The summed E-state index contributed by atoms with van der Waals surface area (Å²) < 4.78 is 82.1. The van der Waals surface area contributed by atoms with E-state index in [1.54, 1.807) is 14.2 Å². The molecular formula is C27H30ClF6N3O5. The van der Waals surface area contributed by atoms with Crippen LogP contribution in [0, 0.1) is 0 Å². The van der Waals surface area contributed by atoms with Crippen LogP contribution >= 0.6 is 11.6 Å². The normalized spacial score (nSPS) is 22.3. The summed E-state index contributed by atoms with van der Waals surface area (Å²) in [7, 11) is 5.31. The molecule has 0 aromatic heterocycles. The van der Waals surface area contributed by atoms with Gasteiger partial charge in [-0.25, -0.2) is 9.59 Å². The average molecular weight is 626 g/mol. The van der Waals surface area contributed by atoms with Crippen molar-refractivity contribution in [2.75, 3.05) is 33.1 Å². The summed E-state index contributed by atoms with van der Waals surface area (Å²) in [5.74, 6) is -1.39. The van der Waals surface area contributed by atoms with Crippen LogP contribution in [-0.2, 0) is 16.4 Å². The van der Waals surface area contributed by atoms with Gasteiger partial charge >= 0.3 is 24.4 Å². The molecule has 15 heteroatoms. The summed E-state index contributed by atoms with van der Waals surface area (Å²) in [6.07, 6.45) is -6.35. The fraction of sp³-hybridized carbons (Fsp3) is 0.481. The van der Waals surface area contributed by atoms with Crippen molar-refractivity contribution in [3.63, 3.8) is 0 Å². The molecule has 1 saturated heterocycles. The van der Waals surface area contributed by atoms with Gasteiger partial charge in [-0.3, -0.25) is 0 Å². The number of amides is 2. The topological polar surface area (TPSA) is 100 Å². The molecule has 1 aliphatic heterocycles. The summed E-state index contributed by atoms with van der Waals surface area (Å²) >= 11 is 5.67. The van der Waals surface area contributed by atoms with Gasteiger partial charge < -0.3 is 30.1 Å². The number of halogens is 7. The maximum absolute atomic E-state index is 13.1. The molecule has 2 aromatic carbocycles. The molecule has 0 radical (unpaired) electrons. The largest absolute Gasteiger partial charge is 0.493 e.